The van der Waals surface area contributed by atoms with E-state index in [4.69, 9.17) is 9.47 Å². The van der Waals surface area contributed by atoms with Crippen LogP contribution in [-0.4, -0.2) is 20.1 Å². The molecule has 0 fully saturated rings. The summed E-state index contributed by atoms with van der Waals surface area (Å²) in [5.41, 5.74) is 1.64. The molecule has 0 aromatic heterocycles. The first-order valence-electron chi connectivity index (χ1n) is 9.08. The van der Waals surface area contributed by atoms with Gasteiger partial charge in [0.1, 0.15) is 11.5 Å². The van der Waals surface area contributed by atoms with Crippen molar-refractivity contribution in [3.63, 3.8) is 0 Å². The highest BCUT2D eigenvalue weighted by Gasteiger charge is 2.30. The Balaban J connectivity index is 1.79. The minimum Gasteiger partial charge on any atom is -0.497 e. The zero-order chi connectivity index (χ0) is 21.7. The third-order valence-corrected chi connectivity index (χ3v) is 4.50. The Kier molecular flexibility index (Phi) is 6.30. The van der Waals surface area contributed by atoms with Crippen LogP contribution in [0.1, 0.15) is 11.1 Å². The van der Waals surface area contributed by atoms with Crippen molar-refractivity contribution >= 4 is 11.6 Å². The third-order valence-electron chi connectivity index (χ3n) is 4.50. The molecule has 7 heteroatoms. The maximum atomic E-state index is 12.9. The highest BCUT2D eigenvalue weighted by molar-refractivity contribution is 5.93. The minimum atomic E-state index is -4.45. The summed E-state index contributed by atoms with van der Waals surface area (Å²) in [4.78, 5) is 12.4. The highest BCUT2D eigenvalue weighted by Crippen LogP contribution is 2.34. The van der Waals surface area contributed by atoms with E-state index < -0.39 is 17.6 Å². The van der Waals surface area contributed by atoms with Crippen LogP contribution in [0, 0.1) is 0 Å². The number of ether oxygens (including phenoxy) is 2. The van der Waals surface area contributed by atoms with E-state index in [0.717, 1.165) is 23.3 Å². The van der Waals surface area contributed by atoms with Crippen LogP contribution in [0.2, 0.25) is 0 Å². The maximum absolute atomic E-state index is 12.9. The number of hydrogen-bond donors (Lipinski definition) is 1. The highest BCUT2D eigenvalue weighted by atomic mass is 19.4. The summed E-state index contributed by atoms with van der Waals surface area (Å²) in [7, 11) is 3.13. The van der Waals surface area contributed by atoms with Gasteiger partial charge < -0.3 is 14.8 Å². The van der Waals surface area contributed by atoms with E-state index in [2.05, 4.69) is 5.32 Å². The number of carbonyl (C=O) groups excluding carboxylic acids is 1. The fraction of sp³-hybridized carbons (Fsp3) is 0.174. The molecule has 0 heterocycles. The van der Waals surface area contributed by atoms with Crippen molar-refractivity contribution in [3.05, 3.63) is 77.9 Å². The zero-order valence-corrected chi connectivity index (χ0v) is 16.4. The number of carbonyl (C=O) groups is 1. The number of rotatable bonds is 6. The Morgan fingerprint density at radius 2 is 1.67 bits per heavy atom. The average Bonchev–Trinajstić information content (AvgIpc) is 2.73. The Morgan fingerprint density at radius 3 is 2.30 bits per heavy atom. The molecule has 0 aliphatic heterocycles. The van der Waals surface area contributed by atoms with E-state index in [1.54, 1.807) is 32.4 Å². The van der Waals surface area contributed by atoms with Gasteiger partial charge in [0.25, 0.3) is 0 Å². The molecule has 0 unspecified atom stereocenters. The number of nitrogens with one attached hydrogen (secondary N) is 1. The van der Waals surface area contributed by atoms with Gasteiger partial charge in [0.05, 0.1) is 26.2 Å². The Labute approximate surface area is 172 Å². The monoisotopic (exact) mass is 415 g/mol. The van der Waals surface area contributed by atoms with Crippen molar-refractivity contribution in [3.8, 4) is 22.6 Å². The van der Waals surface area contributed by atoms with Crippen LogP contribution in [-0.2, 0) is 17.4 Å². The molecule has 0 saturated heterocycles. The lowest BCUT2D eigenvalue weighted by Gasteiger charge is -2.13. The number of benzene rings is 3. The normalized spacial score (nSPS) is 11.1. The molecular formula is C23H20F3NO3. The first kappa shape index (κ1) is 21.2. The molecule has 3 aromatic rings. The zero-order valence-electron chi connectivity index (χ0n) is 16.4. The second-order valence-electron chi connectivity index (χ2n) is 6.57. The van der Waals surface area contributed by atoms with Crippen LogP contribution in [0.25, 0.3) is 11.1 Å². The van der Waals surface area contributed by atoms with Crippen LogP contribution in [0.15, 0.2) is 66.7 Å². The number of anilines is 1. The molecule has 30 heavy (non-hydrogen) atoms. The van der Waals surface area contributed by atoms with Gasteiger partial charge in [0.2, 0.25) is 5.91 Å². The van der Waals surface area contributed by atoms with E-state index >= 15 is 0 Å². The van der Waals surface area contributed by atoms with Gasteiger partial charge >= 0.3 is 6.18 Å². The first-order chi connectivity index (χ1) is 14.3. The molecule has 3 aromatic carbocycles. The smallest absolute Gasteiger partial charge is 0.416 e. The fourth-order valence-electron chi connectivity index (χ4n) is 3.03. The van der Waals surface area contributed by atoms with Crippen molar-refractivity contribution in [1.29, 1.82) is 0 Å². The minimum absolute atomic E-state index is 0.173. The van der Waals surface area contributed by atoms with Crippen molar-refractivity contribution in [2.45, 2.75) is 12.6 Å². The lowest BCUT2D eigenvalue weighted by Crippen LogP contribution is -2.15. The summed E-state index contributed by atoms with van der Waals surface area (Å²) in [6.07, 6.45) is -4.62. The Bertz CT molecular complexity index is 1030. The maximum Gasteiger partial charge on any atom is 0.416 e. The summed E-state index contributed by atoms with van der Waals surface area (Å²) < 4.78 is 49.1. The van der Waals surface area contributed by atoms with Crippen LogP contribution < -0.4 is 14.8 Å². The number of hydrogen-bond acceptors (Lipinski definition) is 3. The van der Waals surface area contributed by atoms with Gasteiger partial charge in [-0.1, -0.05) is 30.3 Å². The summed E-state index contributed by atoms with van der Waals surface area (Å²) in [6, 6.07) is 17.3. The van der Waals surface area contributed by atoms with E-state index in [9.17, 15) is 18.0 Å². The summed E-state index contributed by atoms with van der Waals surface area (Å²) >= 11 is 0. The van der Waals surface area contributed by atoms with Gasteiger partial charge in [-0.15, -0.1) is 0 Å². The average molecular weight is 415 g/mol. The molecule has 0 saturated carbocycles. The lowest BCUT2D eigenvalue weighted by molar-refractivity contribution is -0.137. The largest absolute Gasteiger partial charge is 0.497 e. The second-order valence-corrected chi connectivity index (χ2v) is 6.57. The molecule has 0 spiro atoms. The van der Waals surface area contributed by atoms with Crippen LogP contribution >= 0.6 is 0 Å². The van der Waals surface area contributed by atoms with Gasteiger partial charge in [-0.2, -0.15) is 13.2 Å². The Morgan fingerprint density at radius 1 is 0.933 bits per heavy atom. The van der Waals surface area contributed by atoms with Crippen molar-refractivity contribution < 1.29 is 27.4 Å². The predicted molar refractivity (Wildman–Crippen MR) is 109 cm³/mol. The number of amides is 1. The van der Waals surface area contributed by atoms with E-state index in [1.165, 1.54) is 12.1 Å². The molecule has 0 atom stereocenters. The third kappa shape index (κ3) is 5.11. The molecule has 1 amide bonds. The predicted octanol–water partition coefficient (Wildman–Crippen LogP) is 5.57. The fourth-order valence-corrected chi connectivity index (χ4v) is 3.03. The molecule has 4 nitrogen and oxygen atoms in total. The van der Waals surface area contributed by atoms with E-state index in [1.807, 2.05) is 24.3 Å². The van der Waals surface area contributed by atoms with Crippen LogP contribution in [0.4, 0.5) is 18.9 Å². The number of methoxy groups -OCH3 is 2. The molecule has 1 N–H and O–H groups in total. The molecule has 0 bridgehead atoms. The first-order valence-corrected chi connectivity index (χ1v) is 9.08. The number of alkyl halides is 3. The topological polar surface area (TPSA) is 47.6 Å². The van der Waals surface area contributed by atoms with Crippen molar-refractivity contribution in [1.82, 2.24) is 0 Å². The quantitative estimate of drug-likeness (QED) is 0.573. The standard InChI is InChI=1S/C23H20F3NO3/c1-29-19-9-6-16(7-10-19)20-14-18(8-11-21(20)30-2)27-22(28)13-15-4-3-5-17(12-15)23(24,25)26/h3-12,14H,13H2,1-2H3,(H,27,28). The van der Waals surface area contributed by atoms with Gasteiger partial charge in [-0.3, -0.25) is 4.79 Å². The Hall–Kier alpha value is -3.48. The molecular weight excluding hydrogens is 395 g/mol. The summed E-state index contributed by atoms with van der Waals surface area (Å²) in [6.45, 7) is 0. The van der Waals surface area contributed by atoms with E-state index in [-0.39, 0.29) is 12.0 Å². The van der Waals surface area contributed by atoms with Gasteiger partial charge in [0, 0.05) is 11.3 Å². The van der Waals surface area contributed by atoms with Crippen LogP contribution in [0.3, 0.4) is 0 Å². The second kappa shape index (κ2) is 8.90. The molecule has 156 valence electrons. The number of halogens is 3. The SMILES string of the molecule is COc1ccc(-c2cc(NC(=O)Cc3cccc(C(F)(F)F)c3)ccc2OC)cc1. The van der Waals surface area contributed by atoms with Gasteiger partial charge in [-0.05, 0) is 47.5 Å². The molecule has 0 radical (unpaired) electrons. The molecule has 3 rings (SSSR count). The lowest BCUT2D eigenvalue weighted by atomic mass is 10.0. The summed E-state index contributed by atoms with van der Waals surface area (Å²) in [5.74, 6) is 0.916. The summed E-state index contributed by atoms with van der Waals surface area (Å²) in [5, 5.41) is 2.73. The van der Waals surface area contributed by atoms with Gasteiger partial charge in [-0.25, -0.2) is 0 Å². The van der Waals surface area contributed by atoms with E-state index in [0.29, 0.717) is 17.2 Å². The van der Waals surface area contributed by atoms with Crippen molar-refractivity contribution in [2.24, 2.45) is 0 Å². The van der Waals surface area contributed by atoms with Gasteiger partial charge in [0.15, 0.2) is 0 Å². The van der Waals surface area contributed by atoms with Crippen LogP contribution in [0.5, 0.6) is 11.5 Å². The molecule has 0 aliphatic carbocycles. The molecule has 0 aliphatic rings. The van der Waals surface area contributed by atoms with Crippen molar-refractivity contribution in [2.75, 3.05) is 19.5 Å².